The van der Waals surface area contributed by atoms with Crippen molar-refractivity contribution < 1.29 is 13.9 Å². The Morgan fingerprint density at radius 2 is 1.68 bits per heavy atom. The monoisotopic (exact) mass is 372 g/mol. The molecule has 0 bridgehead atoms. The van der Waals surface area contributed by atoms with Crippen molar-refractivity contribution in [1.82, 2.24) is 4.57 Å². The molecule has 2 aromatic heterocycles. The molecule has 0 aliphatic heterocycles. The van der Waals surface area contributed by atoms with E-state index in [9.17, 15) is 4.79 Å². The fourth-order valence-electron chi connectivity index (χ4n) is 3.21. The van der Waals surface area contributed by atoms with Crippen LogP contribution in [0.2, 0.25) is 0 Å². The number of rotatable bonds is 5. The van der Waals surface area contributed by atoms with E-state index in [1.54, 1.807) is 6.26 Å². The highest BCUT2D eigenvalue weighted by molar-refractivity contribution is 6.07. The molecule has 1 N–H and O–H groups in total. The van der Waals surface area contributed by atoms with Gasteiger partial charge in [-0.05, 0) is 61.0 Å². The summed E-state index contributed by atoms with van der Waals surface area (Å²) in [5, 5.41) is 2.95. The second kappa shape index (κ2) is 7.48. The Labute approximate surface area is 163 Å². The van der Waals surface area contributed by atoms with Gasteiger partial charge in [0.2, 0.25) is 0 Å². The Morgan fingerprint density at radius 1 is 0.964 bits per heavy atom. The van der Waals surface area contributed by atoms with Crippen molar-refractivity contribution in [2.75, 3.05) is 5.32 Å². The standard InChI is InChI=1S/C23H20N2O3/c1-16-15-25(2)22(21(16)20-9-6-14-27-20)23(26)24-17-10-12-19(13-11-17)28-18-7-4-3-5-8-18/h3-15H,1-2H3,(H,24,26). The van der Waals surface area contributed by atoms with Crippen LogP contribution in [0, 0.1) is 6.92 Å². The Balaban J connectivity index is 1.53. The minimum Gasteiger partial charge on any atom is -0.464 e. The normalized spacial score (nSPS) is 10.6. The van der Waals surface area contributed by atoms with Crippen LogP contribution in [-0.2, 0) is 7.05 Å². The summed E-state index contributed by atoms with van der Waals surface area (Å²) in [5.74, 6) is 1.95. The number of aryl methyl sites for hydroxylation is 2. The van der Waals surface area contributed by atoms with E-state index in [4.69, 9.17) is 9.15 Å². The van der Waals surface area contributed by atoms with Gasteiger partial charge in [0.25, 0.3) is 5.91 Å². The molecule has 0 saturated heterocycles. The second-order valence-corrected chi connectivity index (χ2v) is 6.52. The summed E-state index contributed by atoms with van der Waals surface area (Å²) in [7, 11) is 1.85. The number of hydrogen-bond acceptors (Lipinski definition) is 3. The summed E-state index contributed by atoms with van der Waals surface area (Å²) in [6, 6.07) is 20.5. The molecule has 0 aliphatic carbocycles. The predicted octanol–water partition coefficient (Wildman–Crippen LogP) is 5.64. The second-order valence-electron chi connectivity index (χ2n) is 6.52. The van der Waals surface area contributed by atoms with Crippen molar-refractivity contribution in [3.63, 3.8) is 0 Å². The van der Waals surface area contributed by atoms with Crippen LogP contribution in [0.4, 0.5) is 5.69 Å². The number of nitrogens with one attached hydrogen (secondary N) is 1. The van der Waals surface area contributed by atoms with Gasteiger partial charge in [0, 0.05) is 18.9 Å². The van der Waals surface area contributed by atoms with Crippen molar-refractivity contribution in [1.29, 1.82) is 0 Å². The number of para-hydroxylation sites is 1. The lowest BCUT2D eigenvalue weighted by Crippen LogP contribution is -2.16. The number of carbonyl (C=O) groups is 1. The fraction of sp³-hybridized carbons (Fsp3) is 0.0870. The lowest BCUT2D eigenvalue weighted by atomic mass is 10.1. The van der Waals surface area contributed by atoms with Gasteiger partial charge in [-0.15, -0.1) is 0 Å². The first kappa shape index (κ1) is 17.7. The molecule has 0 fully saturated rings. The molecule has 140 valence electrons. The van der Waals surface area contributed by atoms with Crippen LogP contribution < -0.4 is 10.1 Å². The van der Waals surface area contributed by atoms with E-state index in [0.29, 0.717) is 22.9 Å². The number of furan rings is 1. The van der Waals surface area contributed by atoms with Crippen LogP contribution in [0.3, 0.4) is 0 Å². The van der Waals surface area contributed by atoms with Crippen molar-refractivity contribution in [2.24, 2.45) is 7.05 Å². The summed E-state index contributed by atoms with van der Waals surface area (Å²) in [6.45, 7) is 1.96. The smallest absolute Gasteiger partial charge is 0.273 e. The predicted molar refractivity (Wildman–Crippen MR) is 109 cm³/mol. The summed E-state index contributed by atoms with van der Waals surface area (Å²) >= 11 is 0. The van der Waals surface area contributed by atoms with Gasteiger partial charge in [0.15, 0.2) is 0 Å². The van der Waals surface area contributed by atoms with Gasteiger partial charge < -0.3 is 19.0 Å². The molecule has 4 rings (SSSR count). The number of carbonyl (C=O) groups excluding carboxylic acids is 1. The maximum atomic E-state index is 12.9. The minimum absolute atomic E-state index is 0.196. The first-order valence-electron chi connectivity index (χ1n) is 8.96. The third-order valence-electron chi connectivity index (χ3n) is 4.44. The van der Waals surface area contributed by atoms with Crippen LogP contribution in [0.15, 0.2) is 83.6 Å². The third-order valence-corrected chi connectivity index (χ3v) is 4.44. The average molecular weight is 372 g/mol. The van der Waals surface area contributed by atoms with Crippen molar-refractivity contribution in [3.8, 4) is 22.8 Å². The lowest BCUT2D eigenvalue weighted by Gasteiger charge is -2.10. The first-order chi connectivity index (χ1) is 13.6. The Kier molecular flexibility index (Phi) is 4.72. The van der Waals surface area contributed by atoms with Gasteiger partial charge in [-0.2, -0.15) is 0 Å². The molecule has 2 heterocycles. The summed E-state index contributed by atoms with van der Waals surface area (Å²) in [5.41, 5.74) is 3.02. The van der Waals surface area contributed by atoms with E-state index in [1.807, 2.05) is 91.5 Å². The highest BCUT2D eigenvalue weighted by Gasteiger charge is 2.21. The Morgan fingerprint density at radius 3 is 2.36 bits per heavy atom. The maximum Gasteiger partial charge on any atom is 0.273 e. The van der Waals surface area contributed by atoms with Crippen LogP contribution >= 0.6 is 0 Å². The molecule has 0 aliphatic rings. The molecule has 28 heavy (non-hydrogen) atoms. The Hall–Kier alpha value is -3.73. The molecule has 0 atom stereocenters. The van der Waals surface area contributed by atoms with Crippen molar-refractivity contribution in [2.45, 2.75) is 6.92 Å². The largest absolute Gasteiger partial charge is 0.464 e. The Bertz CT molecular complexity index is 1080. The van der Waals surface area contributed by atoms with E-state index < -0.39 is 0 Å². The van der Waals surface area contributed by atoms with Crippen LogP contribution in [0.25, 0.3) is 11.3 Å². The van der Waals surface area contributed by atoms with Gasteiger partial charge in [0.05, 0.1) is 11.8 Å². The molecular formula is C23H20N2O3. The third kappa shape index (κ3) is 3.55. The number of hydrogen-bond donors (Lipinski definition) is 1. The fourth-order valence-corrected chi connectivity index (χ4v) is 3.21. The minimum atomic E-state index is -0.196. The zero-order valence-corrected chi connectivity index (χ0v) is 15.7. The molecule has 1 amide bonds. The quantitative estimate of drug-likeness (QED) is 0.493. The number of aromatic nitrogens is 1. The molecule has 5 nitrogen and oxygen atoms in total. The van der Waals surface area contributed by atoms with E-state index >= 15 is 0 Å². The van der Waals surface area contributed by atoms with Gasteiger partial charge in [-0.1, -0.05) is 18.2 Å². The topological polar surface area (TPSA) is 56.4 Å². The van der Waals surface area contributed by atoms with E-state index in [-0.39, 0.29) is 5.91 Å². The van der Waals surface area contributed by atoms with Gasteiger partial charge in [0.1, 0.15) is 23.0 Å². The average Bonchev–Trinajstić information content (AvgIpc) is 3.31. The number of amides is 1. The summed E-state index contributed by atoms with van der Waals surface area (Å²) < 4.78 is 13.1. The molecule has 0 unspecified atom stereocenters. The summed E-state index contributed by atoms with van der Waals surface area (Å²) in [4.78, 5) is 12.9. The highest BCUT2D eigenvalue weighted by atomic mass is 16.5. The molecule has 5 heteroatoms. The van der Waals surface area contributed by atoms with E-state index in [1.165, 1.54) is 0 Å². The van der Waals surface area contributed by atoms with Crippen LogP contribution in [0.1, 0.15) is 16.1 Å². The van der Waals surface area contributed by atoms with Gasteiger partial charge in [-0.3, -0.25) is 4.79 Å². The molecule has 2 aromatic carbocycles. The van der Waals surface area contributed by atoms with Crippen LogP contribution in [0.5, 0.6) is 11.5 Å². The number of ether oxygens (including phenoxy) is 1. The van der Waals surface area contributed by atoms with Gasteiger partial charge >= 0.3 is 0 Å². The SMILES string of the molecule is Cc1cn(C)c(C(=O)Nc2ccc(Oc3ccccc3)cc2)c1-c1ccco1. The van der Waals surface area contributed by atoms with Crippen molar-refractivity contribution >= 4 is 11.6 Å². The number of benzene rings is 2. The number of nitrogens with zero attached hydrogens (tertiary/aromatic N) is 1. The first-order valence-corrected chi connectivity index (χ1v) is 8.96. The summed E-state index contributed by atoms with van der Waals surface area (Å²) in [6.07, 6.45) is 3.53. The maximum absolute atomic E-state index is 12.9. The molecule has 0 radical (unpaired) electrons. The zero-order valence-electron chi connectivity index (χ0n) is 15.7. The molecule has 4 aromatic rings. The van der Waals surface area contributed by atoms with E-state index in [0.717, 1.165) is 16.9 Å². The van der Waals surface area contributed by atoms with Gasteiger partial charge in [-0.25, -0.2) is 0 Å². The lowest BCUT2D eigenvalue weighted by molar-refractivity contribution is 0.102. The highest BCUT2D eigenvalue weighted by Crippen LogP contribution is 2.30. The molecular weight excluding hydrogens is 352 g/mol. The van der Waals surface area contributed by atoms with Crippen LogP contribution in [-0.4, -0.2) is 10.5 Å². The van der Waals surface area contributed by atoms with E-state index in [2.05, 4.69) is 5.32 Å². The molecule has 0 spiro atoms. The molecule has 0 saturated carbocycles. The zero-order chi connectivity index (χ0) is 19.5. The number of anilines is 1. The van der Waals surface area contributed by atoms with Crippen molar-refractivity contribution in [3.05, 3.63) is 90.4 Å².